The highest BCUT2D eigenvalue weighted by atomic mass is 35.5. The van der Waals surface area contributed by atoms with Crippen molar-refractivity contribution < 1.29 is 9.84 Å². The number of benzene rings is 2. The molecule has 0 aliphatic rings. The predicted octanol–water partition coefficient (Wildman–Crippen LogP) is 4.43. The highest BCUT2D eigenvalue weighted by molar-refractivity contribution is 6.32. The van der Waals surface area contributed by atoms with Crippen molar-refractivity contribution in [1.29, 1.82) is 0 Å². The highest BCUT2D eigenvalue weighted by Crippen LogP contribution is 2.24. The number of nitrogens with zero attached hydrogens (tertiary/aromatic N) is 1. The van der Waals surface area contributed by atoms with Gasteiger partial charge in [-0.25, -0.2) is 0 Å². The Morgan fingerprint density at radius 2 is 1.87 bits per heavy atom. The molecule has 0 saturated heterocycles. The van der Waals surface area contributed by atoms with Crippen LogP contribution >= 0.6 is 23.2 Å². The first-order chi connectivity index (χ1) is 11.0. The maximum atomic E-state index is 10.2. The lowest BCUT2D eigenvalue weighted by atomic mass is 10.1. The van der Waals surface area contributed by atoms with Crippen molar-refractivity contribution in [3.05, 3.63) is 64.1 Å². The molecule has 0 aliphatic heterocycles. The van der Waals surface area contributed by atoms with E-state index in [1.807, 2.05) is 43.4 Å². The van der Waals surface area contributed by atoms with E-state index < -0.39 is 6.10 Å². The molecule has 0 fully saturated rings. The van der Waals surface area contributed by atoms with Crippen LogP contribution in [-0.2, 0) is 0 Å². The average Bonchev–Trinajstić information content (AvgIpc) is 2.53. The van der Waals surface area contributed by atoms with Crippen LogP contribution in [0.15, 0.2) is 48.5 Å². The third-order valence-electron chi connectivity index (χ3n) is 3.76. The first kappa shape index (κ1) is 18.1. The van der Waals surface area contributed by atoms with Crippen LogP contribution in [0.1, 0.15) is 18.5 Å². The molecule has 0 amide bonds. The van der Waals surface area contributed by atoms with Crippen LogP contribution in [0, 0.1) is 0 Å². The second-order valence-electron chi connectivity index (χ2n) is 5.57. The average molecular weight is 354 g/mol. The molecule has 2 atom stereocenters. The number of aliphatic hydroxyl groups is 1. The van der Waals surface area contributed by atoms with Crippen molar-refractivity contribution >= 4 is 23.2 Å². The fraction of sp³-hybridized carbons (Fsp3) is 0.333. The molecule has 2 aromatic rings. The molecule has 0 aromatic heterocycles. The van der Waals surface area contributed by atoms with Gasteiger partial charge in [-0.15, -0.1) is 0 Å². The predicted molar refractivity (Wildman–Crippen MR) is 95.5 cm³/mol. The van der Waals surface area contributed by atoms with Gasteiger partial charge in [-0.3, -0.25) is 4.90 Å². The largest absolute Gasteiger partial charge is 0.489 e. The van der Waals surface area contributed by atoms with E-state index in [0.717, 1.165) is 5.56 Å². The second-order valence-corrected chi connectivity index (χ2v) is 6.41. The summed E-state index contributed by atoms with van der Waals surface area (Å²) in [5.74, 6) is 0.582. The Hall–Kier alpha value is -1.26. The molecule has 0 heterocycles. The Kier molecular flexibility index (Phi) is 6.72. The van der Waals surface area contributed by atoms with E-state index >= 15 is 0 Å². The maximum absolute atomic E-state index is 10.2. The summed E-state index contributed by atoms with van der Waals surface area (Å²) in [4.78, 5) is 2.06. The van der Waals surface area contributed by atoms with Crippen LogP contribution in [0.3, 0.4) is 0 Å². The fourth-order valence-electron chi connectivity index (χ4n) is 2.31. The van der Waals surface area contributed by atoms with Gasteiger partial charge in [-0.2, -0.15) is 0 Å². The van der Waals surface area contributed by atoms with Crippen LogP contribution in [0.25, 0.3) is 0 Å². The number of likely N-dealkylation sites (N-methyl/N-ethyl adjacent to an activating group) is 1. The lowest BCUT2D eigenvalue weighted by molar-refractivity contribution is 0.0654. The highest BCUT2D eigenvalue weighted by Gasteiger charge is 2.16. The zero-order valence-electron chi connectivity index (χ0n) is 13.2. The lowest BCUT2D eigenvalue weighted by Gasteiger charge is -2.27. The van der Waals surface area contributed by atoms with E-state index in [1.165, 1.54) is 0 Å². The topological polar surface area (TPSA) is 32.7 Å². The Balaban J connectivity index is 1.87. The van der Waals surface area contributed by atoms with E-state index in [2.05, 4.69) is 11.8 Å². The van der Waals surface area contributed by atoms with Crippen molar-refractivity contribution in [3.8, 4) is 5.75 Å². The van der Waals surface area contributed by atoms with Gasteiger partial charge in [0.15, 0.2) is 0 Å². The van der Waals surface area contributed by atoms with E-state index in [4.69, 9.17) is 27.9 Å². The number of ether oxygens (including phenoxy) is 1. The van der Waals surface area contributed by atoms with Crippen LogP contribution in [0.2, 0.25) is 10.0 Å². The number of para-hydroxylation sites is 1. The van der Waals surface area contributed by atoms with Gasteiger partial charge in [0.1, 0.15) is 18.5 Å². The van der Waals surface area contributed by atoms with E-state index in [1.54, 1.807) is 12.1 Å². The maximum Gasteiger partial charge on any atom is 0.138 e. The second kappa shape index (κ2) is 8.55. The molecule has 124 valence electrons. The number of rotatable bonds is 7. The van der Waals surface area contributed by atoms with Crippen molar-refractivity contribution in [1.82, 2.24) is 4.90 Å². The molecule has 2 aromatic carbocycles. The first-order valence-corrected chi connectivity index (χ1v) is 8.24. The SMILES string of the molecule is CC(c1cccc(Cl)c1)N(C)CC(O)COc1ccccc1Cl. The molecular formula is C18H21Cl2NO2. The normalized spacial score (nSPS) is 13.8. The Bertz CT molecular complexity index is 636. The molecule has 0 saturated carbocycles. The Morgan fingerprint density at radius 3 is 2.57 bits per heavy atom. The Labute approximate surface area is 147 Å². The summed E-state index contributed by atoms with van der Waals surface area (Å²) in [6, 6.07) is 15.1. The van der Waals surface area contributed by atoms with Gasteiger partial charge in [-0.05, 0) is 43.8 Å². The molecule has 1 N–H and O–H groups in total. The molecule has 2 rings (SSSR count). The summed E-state index contributed by atoms with van der Waals surface area (Å²) in [5.41, 5.74) is 1.11. The van der Waals surface area contributed by atoms with Crippen LogP contribution < -0.4 is 4.74 Å². The van der Waals surface area contributed by atoms with Crippen molar-refractivity contribution in [2.24, 2.45) is 0 Å². The van der Waals surface area contributed by atoms with E-state index in [0.29, 0.717) is 22.3 Å². The summed E-state index contributed by atoms with van der Waals surface area (Å²) in [6.07, 6.45) is -0.613. The molecule has 2 unspecified atom stereocenters. The fourth-order valence-corrected chi connectivity index (χ4v) is 2.70. The van der Waals surface area contributed by atoms with Crippen LogP contribution in [0.4, 0.5) is 0 Å². The molecule has 5 heteroatoms. The number of halogens is 2. The van der Waals surface area contributed by atoms with Gasteiger partial charge < -0.3 is 9.84 Å². The minimum atomic E-state index is -0.613. The third-order valence-corrected chi connectivity index (χ3v) is 4.31. The van der Waals surface area contributed by atoms with E-state index in [-0.39, 0.29) is 12.6 Å². The zero-order valence-corrected chi connectivity index (χ0v) is 14.8. The number of aliphatic hydroxyl groups excluding tert-OH is 1. The van der Waals surface area contributed by atoms with Gasteiger partial charge in [-0.1, -0.05) is 47.5 Å². The van der Waals surface area contributed by atoms with Gasteiger partial charge in [0.05, 0.1) is 5.02 Å². The van der Waals surface area contributed by atoms with Gasteiger partial charge >= 0.3 is 0 Å². The molecule has 0 aliphatic carbocycles. The van der Waals surface area contributed by atoms with Crippen molar-refractivity contribution in [2.45, 2.75) is 19.1 Å². The lowest BCUT2D eigenvalue weighted by Crippen LogP contribution is -2.34. The summed E-state index contributed by atoms with van der Waals surface area (Å²) >= 11 is 12.1. The molecule has 23 heavy (non-hydrogen) atoms. The quantitative estimate of drug-likeness (QED) is 0.799. The minimum Gasteiger partial charge on any atom is -0.489 e. The molecule has 0 spiro atoms. The monoisotopic (exact) mass is 353 g/mol. The zero-order chi connectivity index (χ0) is 16.8. The van der Waals surface area contributed by atoms with Crippen molar-refractivity contribution in [3.63, 3.8) is 0 Å². The minimum absolute atomic E-state index is 0.142. The van der Waals surface area contributed by atoms with E-state index in [9.17, 15) is 5.11 Å². The molecule has 0 bridgehead atoms. The summed E-state index contributed by atoms with van der Waals surface area (Å²) in [6.45, 7) is 2.75. The summed E-state index contributed by atoms with van der Waals surface area (Å²) < 4.78 is 5.57. The van der Waals surface area contributed by atoms with Crippen LogP contribution in [-0.4, -0.2) is 36.3 Å². The first-order valence-electron chi connectivity index (χ1n) is 7.48. The van der Waals surface area contributed by atoms with Gasteiger partial charge in [0, 0.05) is 17.6 Å². The standard InChI is InChI=1S/C18H21Cl2NO2/c1-13(14-6-5-7-15(19)10-14)21(2)11-16(22)12-23-18-9-4-3-8-17(18)20/h3-10,13,16,22H,11-12H2,1-2H3. The van der Waals surface area contributed by atoms with Crippen molar-refractivity contribution in [2.75, 3.05) is 20.2 Å². The Morgan fingerprint density at radius 1 is 1.13 bits per heavy atom. The summed E-state index contributed by atoms with van der Waals surface area (Å²) in [5, 5.41) is 11.4. The van der Waals surface area contributed by atoms with Gasteiger partial charge in [0.2, 0.25) is 0 Å². The number of hydrogen-bond donors (Lipinski definition) is 1. The van der Waals surface area contributed by atoms with Crippen LogP contribution in [0.5, 0.6) is 5.75 Å². The van der Waals surface area contributed by atoms with Gasteiger partial charge in [0.25, 0.3) is 0 Å². The smallest absolute Gasteiger partial charge is 0.138 e. The molecule has 3 nitrogen and oxygen atoms in total. The molecule has 0 radical (unpaired) electrons. The molecular weight excluding hydrogens is 333 g/mol. The number of hydrogen-bond acceptors (Lipinski definition) is 3. The third kappa shape index (κ3) is 5.40. The summed E-state index contributed by atoms with van der Waals surface area (Å²) in [7, 11) is 1.96.